The van der Waals surface area contributed by atoms with Gasteiger partial charge in [-0.25, -0.2) is 14.3 Å². The predicted molar refractivity (Wildman–Crippen MR) is 81.1 cm³/mol. The number of hydrogen-bond acceptors (Lipinski definition) is 5. The highest BCUT2D eigenvalue weighted by Gasteiger charge is 2.31. The van der Waals surface area contributed by atoms with Crippen molar-refractivity contribution in [2.45, 2.75) is 17.9 Å². The summed E-state index contributed by atoms with van der Waals surface area (Å²) in [4.78, 5) is 23.9. The number of aromatic nitrogens is 3. The van der Waals surface area contributed by atoms with E-state index >= 15 is 0 Å². The third kappa shape index (κ3) is 3.48. The van der Waals surface area contributed by atoms with Crippen molar-refractivity contribution in [1.29, 1.82) is 0 Å². The smallest absolute Gasteiger partial charge is 0.416 e. The number of alkyl halides is 3. The molecule has 0 spiro atoms. The Morgan fingerprint density at radius 3 is 2.54 bits per heavy atom. The highest BCUT2D eigenvalue weighted by atomic mass is 32.2. The summed E-state index contributed by atoms with van der Waals surface area (Å²) in [6.45, 7) is -0.276. The molecule has 24 heavy (non-hydrogen) atoms. The summed E-state index contributed by atoms with van der Waals surface area (Å²) in [6.07, 6.45) is -2.85. The van der Waals surface area contributed by atoms with Gasteiger partial charge in [-0.3, -0.25) is 4.57 Å². The number of esters is 1. The van der Waals surface area contributed by atoms with E-state index < -0.39 is 23.4 Å². The van der Waals surface area contributed by atoms with Crippen molar-refractivity contribution in [3.63, 3.8) is 0 Å². The number of methoxy groups -OCH3 is 1. The zero-order valence-electron chi connectivity index (χ0n) is 13.0. The average molecular weight is 361 g/mol. The molecular formula is C14H14F3N3O3S. The van der Waals surface area contributed by atoms with Gasteiger partial charge in [0.05, 0.1) is 24.8 Å². The van der Waals surface area contributed by atoms with Gasteiger partial charge in [-0.2, -0.15) is 13.2 Å². The lowest BCUT2D eigenvalue weighted by Crippen LogP contribution is -2.24. The van der Waals surface area contributed by atoms with Gasteiger partial charge < -0.3 is 4.74 Å². The maximum Gasteiger partial charge on any atom is 0.416 e. The third-order valence-corrected chi connectivity index (χ3v) is 4.06. The molecule has 6 nitrogen and oxygen atoms in total. The van der Waals surface area contributed by atoms with Crippen LogP contribution in [0.5, 0.6) is 0 Å². The second-order valence-corrected chi connectivity index (χ2v) is 5.62. The van der Waals surface area contributed by atoms with Crippen molar-refractivity contribution >= 4 is 17.7 Å². The largest absolute Gasteiger partial charge is 0.465 e. The van der Waals surface area contributed by atoms with Crippen LogP contribution in [0, 0.1) is 0 Å². The van der Waals surface area contributed by atoms with Crippen molar-refractivity contribution in [2.24, 2.45) is 7.05 Å². The number of thioether (sulfide) groups is 1. The summed E-state index contributed by atoms with van der Waals surface area (Å²) in [7, 11) is 2.63. The van der Waals surface area contributed by atoms with Crippen LogP contribution in [-0.2, 0) is 24.5 Å². The monoisotopic (exact) mass is 361 g/mol. The van der Waals surface area contributed by atoms with Crippen molar-refractivity contribution in [1.82, 2.24) is 14.3 Å². The summed E-state index contributed by atoms with van der Waals surface area (Å²) in [5, 5.41) is 4.45. The van der Waals surface area contributed by atoms with Crippen molar-refractivity contribution in [3.05, 3.63) is 45.4 Å². The lowest BCUT2D eigenvalue weighted by Gasteiger charge is -2.12. The number of halogens is 3. The van der Waals surface area contributed by atoms with Gasteiger partial charge in [-0.05, 0) is 30.0 Å². The number of hydrogen-bond donors (Lipinski definition) is 0. The minimum absolute atomic E-state index is 0.00419. The number of nitrogens with zero attached hydrogens (tertiary/aromatic N) is 3. The van der Waals surface area contributed by atoms with Crippen molar-refractivity contribution < 1.29 is 22.7 Å². The van der Waals surface area contributed by atoms with Crippen LogP contribution in [0.4, 0.5) is 13.2 Å². The van der Waals surface area contributed by atoms with Gasteiger partial charge in [0.25, 0.3) is 0 Å². The molecule has 0 atom stereocenters. The Morgan fingerprint density at radius 1 is 1.38 bits per heavy atom. The Hall–Kier alpha value is -2.23. The summed E-state index contributed by atoms with van der Waals surface area (Å²) < 4.78 is 45.6. The molecule has 0 saturated carbocycles. The van der Waals surface area contributed by atoms with Gasteiger partial charge in [-0.1, -0.05) is 11.8 Å². The molecule has 0 unspecified atom stereocenters. The number of carbonyl (C=O) groups excluding carboxylic acids is 1. The van der Waals surface area contributed by atoms with Crippen LogP contribution >= 0.6 is 11.8 Å². The first-order valence-electron chi connectivity index (χ1n) is 6.65. The molecule has 2 aromatic rings. The number of ether oxygens (including phenoxy) is 1. The van der Waals surface area contributed by atoms with Gasteiger partial charge >= 0.3 is 17.8 Å². The van der Waals surface area contributed by atoms with Crippen LogP contribution in [0.1, 0.15) is 21.5 Å². The van der Waals surface area contributed by atoms with Crippen LogP contribution in [0.3, 0.4) is 0 Å². The molecule has 0 N–H and O–H groups in total. The molecule has 10 heteroatoms. The molecule has 0 saturated heterocycles. The summed E-state index contributed by atoms with van der Waals surface area (Å²) >= 11 is 1.22. The van der Waals surface area contributed by atoms with E-state index in [1.165, 1.54) is 23.4 Å². The zero-order chi connectivity index (χ0) is 18.1. The second-order valence-electron chi connectivity index (χ2n) is 4.85. The lowest BCUT2D eigenvalue weighted by atomic mass is 10.0. The quantitative estimate of drug-likeness (QED) is 0.617. The van der Waals surface area contributed by atoms with Crippen LogP contribution in [-0.4, -0.2) is 33.7 Å². The Balaban J connectivity index is 2.54. The van der Waals surface area contributed by atoms with E-state index in [9.17, 15) is 22.8 Å². The minimum Gasteiger partial charge on any atom is -0.465 e. The fourth-order valence-electron chi connectivity index (χ4n) is 2.12. The Labute approximate surface area is 139 Å². The molecule has 0 fully saturated rings. The molecule has 0 aliphatic heterocycles. The van der Waals surface area contributed by atoms with Gasteiger partial charge in [0, 0.05) is 7.05 Å². The molecule has 0 amide bonds. The van der Waals surface area contributed by atoms with E-state index in [-0.39, 0.29) is 17.7 Å². The second kappa shape index (κ2) is 6.71. The molecule has 1 heterocycles. The number of rotatable bonds is 4. The molecule has 0 aliphatic rings. The molecule has 0 aliphatic carbocycles. The van der Waals surface area contributed by atoms with Gasteiger partial charge in [0.1, 0.15) is 0 Å². The number of benzene rings is 1. The van der Waals surface area contributed by atoms with Crippen LogP contribution in [0.15, 0.2) is 28.2 Å². The van der Waals surface area contributed by atoms with Crippen LogP contribution in [0.25, 0.3) is 0 Å². The lowest BCUT2D eigenvalue weighted by molar-refractivity contribution is -0.137. The standard InChI is InChI=1S/C14H14F3N3O3S/c1-19-12(24-3)18-20(13(19)22)7-8-6-9(14(15,16)17)4-5-10(8)11(21)23-2/h4-6H,7H2,1-3H3. The summed E-state index contributed by atoms with van der Waals surface area (Å²) in [6, 6.07) is 2.66. The first-order chi connectivity index (χ1) is 11.2. The van der Waals surface area contributed by atoms with Crippen molar-refractivity contribution in [2.75, 3.05) is 13.4 Å². The van der Waals surface area contributed by atoms with Gasteiger partial charge in [0.15, 0.2) is 5.16 Å². The Morgan fingerprint density at radius 2 is 2.04 bits per heavy atom. The fraction of sp³-hybridized carbons (Fsp3) is 0.357. The zero-order valence-corrected chi connectivity index (χ0v) is 13.9. The first-order valence-corrected chi connectivity index (χ1v) is 7.87. The van der Waals surface area contributed by atoms with Gasteiger partial charge in [-0.15, -0.1) is 5.10 Å². The average Bonchev–Trinajstić information content (AvgIpc) is 2.81. The highest BCUT2D eigenvalue weighted by molar-refractivity contribution is 7.98. The predicted octanol–water partition coefficient (Wildman–Crippen LogP) is 2.16. The first kappa shape index (κ1) is 18.1. The van der Waals surface area contributed by atoms with E-state index in [1.807, 2.05) is 0 Å². The maximum atomic E-state index is 12.9. The Bertz CT molecular complexity index is 827. The third-order valence-electron chi connectivity index (χ3n) is 3.34. The molecule has 1 aromatic carbocycles. The van der Waals surface area contributed by atoms with E-state index in [2.05, 4.69) is 9.84 Å². The van der Waals surface area contributed by atoms with E-state index in [4.69, 9.17) is 0 Å². The summed E-state index contributed by atoms with van der Waals surface area (Å²) in [5.41, 5.74) is -1.45. The fourth-order valence-corrected chi connectivity index (χ4v) is 2.65. The molecule has 0 radical (unpaired) electrons. The molecule has 2 rings (SSSR count). The van der Waals surface area contributed by atoms with E-state index in [0.717, 1.165) is 30.0 Å². The number of carbonyl (C=O) groups is 1. The normalized spacial score (nSPS) is 11.6. The minimum atomic E-state index is -4.57. The molecular weight excluding hydrogens is 347 g/mol. The van der Waals surface area contributed by atoms with E-state index in [1.54, 1.807) is 6.26 Å². The van der Waals surface area contributed by atoms with Crippen molar-refractivity contribution in [3.8, 4) is 0 Å². The van der Waals surface area contributed by atoms with Crippen LogP contribution in [0.2, 0.25) is 0 Å². The maximum absolute atomic E-state index is 12.9. The summed E-state index contributed by atoms with van der Waals surface area (Å²) in [5.74, 6) is -0.784. The molecule has 130 valence electrons. The van der Waals surface area contributed by atoms with Gasteiger partial charge in [0.2, 0.25) is 0 Å². The Kier molecular flexibility index (Phi) is 5.07. The topological polar surface area (TPSA) is 66.1 Å². The molecule has 1 aromatic heterocycles. The highest BCUT2D eigenvalue weighted by Crippen LogP contribution is 2.31. The molecule has 0 bridgehead atoms. The van der Waals surface area contributed by atoms with E-state index in [0.29, 0.717) is 5.16 Å². The SMILES string of the molecule is COC(=O)c1ccc(C(F)(F)F)cc1Cn1nc(SC)n(C)c1=O. The van der Waals surface area contributed by atoms with Crippen LogP contribution < -0.4 is 5.69 Å².